The number of aliphatic hydroxyl groups is 1. The summed E-state index contributed by atoms with van der Waals surface area (Å²) < 4.78 is 0. The highest BCUT2D eigenvalue weighted by Crippen LogP contribution is 2.11. The molecule has 1 aliphatic rings. The topological polar surface area (TPSA) is 20.2 Å². The summed E-state index contributed by atoms with van der Waals surface area (Å²) in [4.78, 5) is 0. The Hall–Kier alpha value is -0.370. The van der Waals surface area contributed by atoms with Gasteiger partial charge in [-0.15, -0.1) is 11.8 Å². The lowest BCUT2D eigenvalue weighted by molar-refractivity contribution is 0.417. The van der Waals surface area contributed by atoms with E-state index in [9.17, 15) is 0 Å². The molecule has 38 valence electrons. The van der Waals surface area contributed by atoms with Gasteiger partial charge in [0.1, 0.15) is 5.76 Å². The molecule has 1 heterocycles. The minimum atomic E-state index is 0.465. The molecule has 0 fully saturated rings. The van der Waals surface area contributed by atoms with Crippen molar-refractivity contribution in [3.05, 3.63) is 23.3 Å². The molecule has 0 unspecified atom stereocenters. The van der Waals surface area contributed by atoms with E-state index in [1.54, 1.807) is 17.8 Å². The molecule has 0 radical (unpaired) electrons. The number of allylic oxidation sites excluding steroid dienone is 2. The molecule has 1 N–H and O–H groups in total. The summed E-state index contributed by atoms with van der Waals surface area (Å²) in [5, 5.41) is 10.7. The Labute approximate surface area is 46.7 Å². The van der Waals surface area contributed by atoms with E-state index in [0.717, 1.165) is 5.75 Å². The first kappa shape index (κ1) is 4.78. The molecular weight excluding hydrogens is 108 g/mol. The van der Waals surface area contributed by atoms with Gasteiger partial charge in [0.25, 0.3) is 0 Å². The number of rotatable bonds is 0. The van der Waals surface area contributed by atoms with Gasteiger partial charge >= 0.3 is 0 Å². The number of hydrogen-bond donors (Lipinski definition) is 1. The fourth-order valence-corrected chi connectivity index (χ4v) is 0.940. The largest absolute Gasteiger partial charge is 0.511 e. The third-order valence-corrected chi connectivity index (χ3v) is 1.51. The second-order valence-corrected chi connectivity index (χ2v) is 2.19. The van der Waals surface area contributed by atoms with E-state index >= 15 is 0 Å². The van der Waals surface area contributed by atoms with Crippen LogP contribution < -0.4 is 0 Å². The average Bonchev–Trinajstić information content (AvgIpc) is 1.69. The second-order valence-electron chi connectivity index (χ2n) is 1.30. The van der Waals surface area contributed by atoms with Crippen LogP contribution in [0.5, 0.6) is 0 Å². The van der Waals surface area contributed by atoms with Gasteiger partial charge < -0.3 is 5.11 Å². The maximum atomic E-state index is 8.70. The van der Waals surface area contributed by atoms with E-state index in [2.05, 4.69) is 0 Å². The third-order valence-electron chi connectivity index (χ3n) is 0.695. The minimum Gasteiger partial charge on any atom is -0.511 e. The molecule has 0 saturated carbocycles. The van der Waals surface area contributed by atoms with Crippen LogP contribution in [0.15, 0.2) is 23.3 Å². The molecule has 0 atom stereocenters. The van der Waals surface area contributed by atoms with Gasteiger partial charge in [0, 0.05) is 0 Å². The molecule has 7 heavy (non-hydrogen) atoms. The van der Waals surface area contributed by atoms with Gasteiger partial charge in [0.05, 0.1) is 5.75 Å². The van der Waals surface area contributed by atoms with E-state index in [1.165, 1.54) is 0 Å². The second kappa shape index (κ2) is 2.07. The van der Waals surface area contributed by atoms with Crippen molar-refractivity contribution in [2.75, 3.05) is 5.75 Å². The highest BCUT2D eigenvalue weighted by Gasteiger charge is 1.91. The summed E-state index contributed by atoms with van der Waals surface area (Å²) in [5.41, 5.74) is 0. The number of aliphatic hydroxyl groups excluding tert-OH is 1. The van der Waals surface area contributed by atoms with E-state index in [-0.39, 0.29) is 0 Å². The first-order chi connectivity index (χ1) is 3.39. The van der Waals surface area contributed by atoms with Crippen LogP contribution in [0.4, 0.5) is 0 Å². The van der Waals surface area contributed by atoms with Gasteiger partial charge in [-0.1, -0.05) is 6.08 Å². The zero-order valence-corrected chi connectivity index (χ0v) is 4.61. The van der Waals surface area contributed by atoms with Crippen LogP contribution in [0.25, 0.3) is 0 Å². The SMILES string of the molecule is OC1=CC=CSC1. The highest BCUT2D eigenvalue weighted by molar-refractivity contribution is 8.02. The molecule has 1 rings (SSSR count). The van der Waals surface area contributed by atoms with Crippen molar-refractivity contribution < 1.29 is 5.11 Å². The molecule has 0 aromatic rings. The average molecular weight is 114 g/mol. The van der Waals surface area contributed by atoms with Crippen LogP contribution in [0.3, 0.4) is 0 Å². The molecule has 1 nitrogen and oxygen atoms in total. The maximum absolute atomic E-state index is 8.70. The van der Waals surface area contributed by atoms with Crippen LogP contribution in [0.1, 0.15) is 0 Å². The Bertz CT molecular complexity index is 115. The van der Waals surface area contributed by atoms with Crippen molar-refractivity contribution >= 4 is 11.8 Å². The van der Waals surface area contributed by atoms with E-state index in [4.69, 9.17) is 5.11 Å². The molecule has 0 saturated heterocycles. The lowest BCUT2D eigenvalue weighted by atomic mass is 10.5. The zero-order chi connectivity index (χ0) is 5.11. The summed E-state index contributed by atoms with van der Waals surface area (Å²) in [7, 11) is 0. The van der Waals surface area contributed by atoms with Gasteiger partial charge in [0.2, 0.25) is 0 Å². The van der Waals surface area contributed by atoms with Crippen LogP contribution in [-0.2, 0) is 0 Å². The predicted molar refractivity (Wildman–Crippen MR) is 32.3 cm³/mol. The monoisotopic (exact) mass is 114 g/mol. The van der Waals surface area contributed by atoms with Gasteiger partial charge in [-0.2, -0.15) is 0 Å². The number of thioether (sulfide) groups is 1. The Balaban J connectivity index is 2.57. The summed E-state index contributed by atoms with van der Waals surface area (Å²) in [5.74, 6) is 1.20. The van der Waals surface area contributed by atoms with Crippen molar-refractivity contribution in [3.63, 3.8) is 0 Å². The van der Waals surface area contributed by atoms with Crippen molar-refractivity contribution in [1.82, 2.24) is 0 Å². The lowest BCUT2D eigenvalue weighted by Crippen LogP contribution is -1.84. The third kappa shape index (κ3) is 1.27. The normalized spacial score (nSPS) is 19.1. The molecule has 0 bridgehead atoms. The standard InChI is InChI=1S/C5H6OS/c6-5-2-1-3-7-4-5/h1-3,6H,4H2. The molecule has 0 aromatic heterocycles. The summed E-state index contributed by atoms with van der Waals surface area (Å²) >= 11 is 1.60. The fourth-order valence-electron chi connectivity index (χ4n) is 0.388. The fraction of sp³-hybridized carbons (Fsp3) is 0.200. The van der Waals surface area contributed by atoms with Crippen LogP contribution >= 0.6 is 11.8 Å². The van der Waals surface area contributed by atoms with Crippen LogP contribution in [-0.4, -0.2) is 10.9 Å². The van der Waals surface area contributed by atoms with E-state index in [1.807, 2.05) is 11.5 Å². The van der Waals surface area contributed by atoms with Gasteiger partial charge in [-0.3, -0.25) is 0 Å². The van der Waals surface area contributed by atoms with E-state index < -0.39 is 0 Å². The zero-order valence-electron chi connectivity index (χ0n) is 3.79. The highest BCUT2D eigenvalue weighted by atomic mass is 32.2. The minimum absolute atomic E-state index is 0.465. The summed E-state index contributed by atoms with van der Waals surface area (Å²) in [6, 6.07) is 0. The Kier molecular flexibility index (Phi) is 1.42. The molecule has 0 aromatic carbocycles. The Morgan fingerprint density at radius 1 is 1.71 bits per heavy atom. The number of hydrogen-bond acceptors (Lipinski definition) is 2. The summed E-state index contributed by atoms with van der Waals surface area (Å²) in [6.07, 6.45) is 3.54. The molecule has 0 aliphatic carbocycles. The van der Waals surface area contributed by atoms with Crippen molar-refractivity contribution in [2.24, 2.45) is 0 Å². The Morgan fingerprint density at radius 3 is 2.86 bits per heavy atom. The quantitative estimate of drug-likeness (QED) is 0.517. The molecule has 0 spiro atoms. The Morgan fingerprint density at radius 2 is 2.57 bits per heavy atom. The van der Waals surface area contributed by atoms with Crippen molar-refractivity contribution in [3.8, 4) is 0 Å². The van der Waals surface area contributed by atoms with Gasteiger partial charge in [-0.05, 0) is 11.5 Å². The van der Waals surface area contributed by atoms with Gasteiger partial charge in [0.15, 0.2) is 0 Å². The maximum Gasteiger partial charge on any atom is 0.102 e. The van der Waals surface area contributed by atoms with Crippen molar-refractivity contribution in [1.29, 1.82) is 0 Å². The molecule has 2 heteroatoms. The summed E-state index contributed by atoms with van der Waals surface area (Å²) in [6.45, 7) is 0. The van der Waals surface area contributed by atoms with Crippen molar-refractivity contribution in [2.45, 2.75) is 0 Å². The van der Waals surface area contributed by atoms with Crippen LogP contribution in [0.2, 0.25) is 0 Å². The smallest absolute Gasteiger partial charge is 0.102 e. The predicted octanol–water partition coefficient (Wildman–Crippen LogP) is 1.69. The molecular formula is C5H6OS. The molecule has 0 amide bonds. The van der Waals surface area contributed by atoms with Gasteiger partial charge in [-0.25, -0.2) is 0 Å². The first-order valence-corrected chi connectivity index (χ1v) is 3.11. The first-order valence-electron chi connectivity index (χ1n) is 2.06. The van der Waals surface area contributed by atoms with E-state index in [0.29, 0.717) is 5.76 Å². The van der Waals surface area contributed by atoms with Crippen LogP contribution in [0, 0.1) is 0 Å². The molecule has 1 aliphatic heterocycles. The lowest BCUT2D eigenvalue weighted by Gasteiger charge is -1.97.